The van der Waals surface area contributed by atoms with Gasteiger partial charge in [-0.15, -0.1) is 0 Å². The van der Waals surface area contributed by atoms with E-state index in [1.54, 1.807) is 0 Å². The molecule has 1 amide bonds. The standard InChI is InChI=1S/C22H27FN4O2/c1-13(23)27(12-28)24-22(29)14-9-16-15-5-3-6-19-21(15)17(10-20(16)25(2)11-14)18-7-4-8-26(18)19/h3,5-6,9,13-14,20,28H,4,7-8,10-12H2,1-2H3,(H,24,29). The van der Waals surface area contributed by atoms with Gasteiger partial charge in [0, 0.05) is 35.7 Å². The van der Waals surface area contributed by atoms with Crippen LogP contribution in [-0.2, 0) is 24.2 Å². The van der Waals surface area contributed by atoms with E-state index in [9.17, 15) is 14.3 Å². The van der Waals surface area contributed by atoms with Crippen molar-refractivity contribution in [3.8, 4) is 0 Å². The summed E-state index contributed by atoms with van der Waals surface area (Å²) < 4.78 is 16.0. The minimum Gasteiger partial charge on any atom is -0.379 e. The third-order valence-electron chi connectivity index (χ3n) is 6.74. The number of carbonyl (C=O) groups excluding carboxylic acids is 1. The molecule has 3 unspecified atom stereocenters. The lowest BCUT2D eigenvalue weighted by Gasteiger charge is -2.40. The Morgan fingerprint density at radius 2 is 2.28 bits per heavy atom. The van der Waals surface area contributed by atoms with Gasteiger partial charge in [0.1, 0.15) is 6.73 Å². The number of rotatable bonds is 4. The van der Waals surface area contributed by atoms with Crippen LogP contribution in [0.15, 0.2) is 24.3 Å². The van der Waals surface area contributed by atoms with Crippen LogP contribution in [0.4, 0.5) is 4.39 Å². The van der Waals surface area contributed by atoms with Gasteiger partial charge < -0.3 is 9.67 Å². The fourth-order valence-electron chi connectivity index (χ4n) is 5.34. The summed E-state index contributed by atoms with van der Waals surface area (Å²) in [6, 6.07) is 6.73. The molecule has 5 rings (SSSR count). The van der Waals surface area contributed by atoms with E-state index in [0.29, 0.717) is 6.54 Å². The molecule has 0 bridgehead atoms. The zero-order valence-electron chi connectivity index (χ0n) is 16.9. The predicted molar refractivity (Wildman–Crippen MR) is 109 cm³/mol. The van der Waals surface area contributed by atoms with Crippen LogP contribution in [0.25, 0.3) is 16.5 Å². The normalized spacial score (nSPS) is 24.4. The number of aliphatic hydroxyl groups excluding tert-OH is 1. The second-order valence-corrected chi connectivity index (χ2v) is 8.43. The molecule has 0 radical (unpaired) electrons. The maximum absolute atomic E-state index is 13.6. The van der Waals surface area contributed by atoms with Crippen LogP contribution in [0.3, 0.4) is 0 Å². The molecule has 0 spiro atoms. The summed E-state index contributed by atoms with van der Waals surface area (Å²) in [4.78, 5) is 15.0. The van der Waals surface area contributed by atoms with E-state index in [4.69, 9.17) is 0 Å². The van der Waals surface area contributed by atoms with Gasteiger partial charge in [-0.05, 0) is 56.0 Å². The number of aromatic nitrogens is 1. The summed E-state index contributed by atoms with van der Waals surface area (Å²) in [5.74, 6) is -0.691. The van der Waals surface area contributed by atoms with Gasteiger partial charge >= 0.3 is 0 Å². The molecular formula is C22H27FN4O2. The molecule has 3 atom stereocenters. The third-order valence-corrected chi connectivity index (χ3v) is 6.74. The first-order valence-corrected chi connectivity index (χ1v) is 10.4. The van der Waals surface area contributed by atoms with Crippen molar-refractivity contribution >= 4 is 22.4 Å². The van der Waals surface area contributed by atoms with Gasteiger partial charge in [0.25, 0.3) is 0 Å². The predicted octanol–water partition coefficient (Wildman–Crippen LogP) is 2.06. The van der Waals surface area contributed by atoms with Crippen molar-refractivity contribution in [1.29, 1.82) is 0 Å². The van der Waals surface area contributed by atoms with Crippen molar-refractivity contribution in [1.82, 2.24) is 19.9 Å². The molecule has 1 aromatic carbocycles. The minimum absolute atomic E-state index is 0.249. The lowest BCUT2D eigenvalue weighted by Crippen LogP contribution is -2.52. The van der Waals surface area contributed by atoms with Crippen LogP contribution in [0.1, 0.15) is 30.2 Å². The Balaban J connectivity index is 1.55. The Morgan fingerprint density at radius 3 is 3.03 bits per heavy atom. The third kappa shape index (κ3) is 2.83. The summed E-state index contributed by atoms with van der Waals surface area (Å²) >= 11 is 0. The lowest BCUT2D eigenvalue weighted by atomic mass is 9.79. The quantitative estimate of drug-likeness (QED) is 0.470. The van der Waals surface area contributed by atoms with E-state index in [-0.39, 0.29) is 11.9 Å². The monoisotopic (exact) mass is 398 g/mol. The first-order chi connectivity index (χ1) is 14.0. The van der Waals surface area contributed by atoms with Crippen LogP contribution in [0.5, 0.6) is 0 Å². The Morgan fingerprint density at radius 1 is 1.45 bits per heavy atom. The Hall–Kier alpha value is -2.22. The van der Waals surface area contributed by atoms with Crippen molar-refractivity contribution in [2.75, 3.05) is 20.3 Å². The maximum Gasteiger partial charge on any atom is 0.242 e. The molecular weight excluding hydrogens is 371 g/mol. The number of aliphatic hydroxyl groups is 1. The molecule has 1 aromatic heterocycles. The van der Waals surface area contributed by atoms with E-state index >= 15 is 0 Å². The van der Waals surface area contributed by atoms with Crippen LogP contribution in [0, 0.1) is 5.92 Å². The van der Waals surface area contributed by atoms with Gasteiger partial charge in [0.15, 0.2) is 6.30 Å². The second kappa shape index (κ2) is 6.93. The second-order valence-electron chi connectivity index (χ2n) is 8.43. The van der Waals surface area contributed by atoms with Crippen LogP contribution in [0.2, 0.25) is 0 Å². The molecule has 154 valence electrons. The van der Waals surface area contributed by atoms with Crippen molar-refractivity contribution in [3.63, 3.8) is 0 Å². The van der Waals surface area contributed by atoms with Gasteiger partial charge in [0.05, 0.1) is 5.92 Å². The number of nitrogens with zero attached hydrogens (tertiary/aromatic N) is 3. The smallest absolute Gasteiger partial charge is 0.242 e. The van der Waals surface area contributed by atoms with Crippen LogP contribution < -0.4 is 5.43 Å². The molecule has 2 aromatic rings. The van der Waals surface area contributed by atoms with E-state index in [1.807, 2.05) is 0 Å². The minimum atomic E-state index is -1.46. The number of alkyl halides is 1. The highest BCUT2D eigenvalue weighted by atomic mass is 19.1. The molecule has 29 heavy (non-hydrogen) atoms. The number of likely N-dealkylation sites (N-methyl/N-ethyl adjacent to an activating group) is 1. The van der Waals surface area contributed by atoms with Gasteiger partial charge in [-0.2, -0.15) is 5.01 Å². The van der Waals surface area contributed by atoms with Gasteiger partial charge in [-0.1, -0.05) is 18.2 Å². The van der Waals surface area contributed by atoms with Crippen LogP contribution in [-0.4, -0.2) is 58.2 Å². The van der Waals surface area contributed by atoms with E-state index < -0.39 is 18.9 Å². The van der Waals surface area contributed by atoms with E-state index in [1.165, 1.54) is 46.6 Å². The van der Waals surface area contributed by atoms with Gasteiger partial charge in [-0.3, -0.25) is 15.1 Å². The summed E-state index contributed by atoms with van der Waals surface area (Å²) in [5, 5.41) is 11.5. The van der Waals surface area contributed by atoms with Gasteiger partial charge in [0.2, 0.25) is 5.91 Å². The molecule has 0 fully saturated rings. The number of hydrogen-bond donors (Lipinski definition) is 2. The first-order valence-electron chi connectivity index (χ1n) is 10.4. The zero-order chi connectivity index (χ0) is 20.3. The first kappa shape index (κ1) is 18.8. The average Bonchev–Trinajstić information content (AvgIpc) is 3.30. The molecule has 2 aliphatic heterocycles. The number of carbonyl (C=O) groups is 1. The highest BCUT2D eigenvalue weighted by Crippen LogP contribution is 2.44. The number of hydrazine groups is 1. The summed E-state index contributed by atoms with van der Waals surface area (Å²) in [5.41, 5.74) is 9.19. The van der Waals surface area contributed by atoms with Crippen LogP contribution >= 0.6 is 0 Å². The highest BCUT2D eigenvalue weighted by molar-refractivity contribution is 6.00. The topological polar surface area (TPSA) is 60.7 Å². The Bertz CT molecular complexity index is 1010. The van der Waals surface area contributed by atoms with E-state index in [2.05, 4.69) is 46.2 Å². The zero-order valence-corrected chi connectivity index (χ0v) is 16.9. The molecule has 7 heteroatoms. The fraction of sp³-hybridized carbons (Fsp3) is 0.500. The van der Waals surface area contributed by atoms with Gasteiger partial charge in [-0.25, -0.2) is 4.39 Å². The molecule has 3 heterocycles. The summed E-state index contributed by atoms with van der Waals surface area (Å²) in [6.07, 6.45) is 3.92. The molecule has 6 nitrogen and oxygen atoms in total. The average molecular weight is 398 g/mol. The van der Waals surface area contributed by atoms with Crippen molar-refractivity contribution in [2.24, 2.45) is 5.92 Å². The number of amides is 1. The highest BCUT2D eigenvalue weighted by Gasteiger charge is 2.38. The number of fused-ring (bicyclic) bond motifs is 5. The molecule has 0 saturated carbocycles. The van der Waals surface area contributed by atoms with Crippen molar-refractivity contribution < 1.29 is 14.3 Å². The number of halogens is 1. The largest absolute Gasteiger partial charge is 0.379 e. The summed E-state index contributed by atoms with van der Waals surface area (Å²) in [6.45, 7) is 2.37. The maximum atomic E-state index is 13.6. The molecule has 1 aliphatic carbocycles. The number of nitrogens with one attached hydrogen (secondary N) is 1. The molecule has 3 aliphatic rings. The molecule has 2 N–H and O–H groups in total. The van der Waals surface area contributed by atoms with Crippen molar-refractivity contribution in [2.45, 2.75) is 45.1 Å². The fourth-order valence-corrected chi connectivity index (χ4v) is 5.34. The lowest BCUT2D eigenvalue weighted by molar-refractivity contribution is -0.136. The number of hydrogen-bond acceptors (Lipinski definition) is 4. The summed E-state index contributed by atoms with van der Waals surface area (Å²) in [7, 11) is 2.06. The SMILES string of the molecule is CC(F)N(CO)NC(=O)C1C=C2c3cccc4c3c(c3n4CCC3)CC2N(C)C1. The van der Waals surface area contributed by atoms with E-state index in [0.717, 1.165) is 24.4 Å². The Labute approximate surface area is 169 Å². The number of aryl methyl sites for hydroxylation is 1. The number of benzene rings is 1. The molecule has 0 saturated heterocycles. The Kier molecular flexibility index (Phi) is 4.49. The van der Waals surface area contributed by atoms with Crippen molar-refractivity contribution in [3.05, 3.63) is 41.1 Å².